The van der Waals surface area contributed by atoms with Crippen LogP contribution in [0.2, 0.25) is 0 Å². The first-order valence-corrected chi connectivity index (χ1v) is 11.0. The summed E-state index contributed by atoms with van der Waals surface area (Å²) in [5.74, 6) is 0.623. The Morgan fingerprint density at radius 3 is 2.69 bits per heavy atom. The summed E-state index contributed by atoms with van der Waals surface area (Å²) in [6.07, 6.45) is 4.70. The Morgan fingerprint density at radius 2 is 1.96 bits per heavy atom. The van der Waals surface area contributed by atoms with E-state index in [0.29, 0.717) is 31.1 Å². The van der Waals surface area contributed by atoms with E-state index in [1.54, 1.807) is 24.3 Å². The number of amides is 1. The van der Waals surface area contributed by atoms with Crippen LogP contribution in [0.15, 0.2) is 29.2 Å². The van der Waals surface area contributed by atoms with E-state index < -0.39 is 10.0 Å². The van der Waals surface area contributed by atoms with Gasteiger partial charge in [-0.2, -0.15) is 4.31 Å². The van der Waals surface area contributed by atoms with Crippen LogP contribution in [-0.4, -0.2) is 56.3 Å². The fraction of sp³-hybridized carbons (Fsp3) is 0.632. The Labute approximate surface area is 156 Å². The van der Waals surface area contributed by atoms with Crippen LogP contribution >= 0.6 is 0 Å². The maximum absolute atomic E-state index is 12.6. The third-order valence-corrected chi connectivity index (χ3v) is 7.11. The minimum absolute atomic E-state index is 0.0704. The average molecular weight is 380 g/mol. The molecule has 0 aromatic heterocycles. The second-order valence-corrected chi connectivity index (χ2v) is 9.42. The Hall–Kier alpha value is -1.44. The van der Waals surface area contributed by atoms with Crippen LogP contribution in [0.4, 0.5) is 5.69 Å². The van der Waals surface area contributed by atoms with Gasteiger partial charge in [-0.25, -0.2) is 8.42 Å². The van der Waals surface area contributed by atoms with E-state index in [1.807, 2.05) is 0 Å². The number of hydrogen-bond acceptors (Lipinski definition) is 4. The van der Waals surface area contributed by atoms with Crippen molar-refractivity contribution in [3.63, 3.8) is 0 Å². The molecule has 1 N–H and O–H groups in total. The summed E-state index contributed by atoms with van der Waals surface area (Å²) in [5.41, 5.74) is 0.544. The molecule has 1 amide bonds. The van der Waals surface area contributed by atoms with E-state index >= 15 is 0 Å². The second kappa shape index (κ2) is 8.50. The van der Waals surface area contributed by atoms with Crippen LogP contribution < -0.4 is 5.32 Å². The van der Waals surface area contributed by atoms with Crippen LogP contribution in [0, 0.1) is 5.92 Å². The highest BCUT2D eigenvalue weighted by Crippen LogP contribution is 2.23. The van der Waals surface area contributed by atoms with E-state index in [0.717, 1.165) is 32.5 Å². The first-order chi connectivity index (χ1) is 12.4. The molecule has 2 saturated heterocycles. The van der Waals surface area contributed by atoms with Crippen LogP contribution in [0.3, 0.4) is 0 Å². The van der Waals surface area contributed by atoms with Crippen molar-refractivity contribution in [1.82, 2.24) is 9.21 Å². The summed E-state index contributed by atoms with van der Waals surface area (Å²) >= 11 is 0. The van der Waals surface area contributed by atoms with Crippen molar-refractivity contribution in [1.29, 1.82) is 0 Å². The van der Waals surface area contributed by atoms with Gasteiger partial charge in [0.15, 0.2) is 0 Å². The smallest absolute Gasteiger partial charge is 0.243 e. The topological polar surface area (TPSA) is 69.7 Å². The molecule has 2 aliphatic rings. The zero-order valence-corrected chi connectivity index (χ0v) is 16.3. The molecule has 0 saturated carbocycles. The van der Waals surface area contributed by atoms with Crippen molar-refractivity contribution in [2.75, 3.05) is 38.0 Å². The molecular formula is C19H29N3O3S. The van der Waals surface area contributed by atoms with Gasteiger partial charge in [-0.15, -0.1) is 0 Å². The average Bonchev–Trinajstić information content (AvgIpc) is 3.16. The predicted octanol–water partition coefficient (Wildman–Crippen LogP) is 2.53. The number of benzene rings is 1. The van der Waals surface area contributed by atoms with Crippen molar-refractivity contribution in [3.8, 4) is 0 Å². The Balaban J connectivity index is 1.57. The van der Waals surface area contributed by atoms with E-state index in [9.17, 15) is 13.2 Å². The molecule has 2 aliphatic heterocycles. The SMILES string of the molecule is CC1CCCN(CCC(=O)Nc2cccc(S(=O)(=O)N3CCCC3)c2)C1. The van der Waals surface area contributed by atoms with E-state index in [1.165, 1.54) is 17.1 Å². The fourth-order valence-electron chi connectivity index (χ4n) is 3.78. The highest BCUT2D eigenvalue weighted by atomic mass is 32.2. The predicted molar refractivity (Wildman–Crippen MR) is 103 cm³/mol. The third-order valence-electron chi connectivity index (χ3n) is 5.22. The van der Waals surface area contributed by atoms with Crippen molar-refractivity contribution < 1.29 is 13.2 Å². The van der Waals surface area contributed by atoms with Crippen molar-refractivity contribution in [2.24, 2.45) is 5.92 Å². The number of nitrogens with zero attached hydrogens (tertiary/aromatic N) is 2. The van der Waals surface area contributed by atoms with Crippen LogP contribution in [-0.2, 0) is 14.8 Å². The molecule has 26 heavy (non-hydrogen) atoms. The molecule has 144 valence electrons. The Kier molecular flexibility index (Phi) is 6.32. The number of nitrogens with one attached hydrogen (secondary N) is 1. The quantitative estimate of drug-likeness (QED) is 0.825. The van der Waals surface area contributed by atoms with Crippen LogP contribution in [0.1, 0.15) is 39.0 Å². The van der Waals surface area contributed by atoms with Crippen LogP contribution in [0.5, 0.6) is 0 Å². The van der Waals surface area contributed by atoms with Gasteiger partial charge in [0.05, 0.1) is 4.90 Å². The number of sulfonamides is 1. The minimum Gasteiger partial charge on any atom is -0.326 e. The summed E-state index contributed by atoms with van der Waals surface area (Å²) in [5, 5.41) is 2.85. The maximum Gasteiger partial charge on any atom is 0.243 e. The normalized spacial score (nSPS) is 22.4. The number of rotatable bonds is 6. The number of piperidine rings is 1. The third kappa shape index (κ3) is 4.84. The van der Waals surface area contributed by atoms with Crippen molar-refractivity contribution >= 4 is 21.6 Å². The van der Waals surface area contributed by atoms with Gasteiger partial charge in [0.2, 0.25) is 15.9 Å². The van der Waals surface area contributed by atoms with Gasteiger partial charge in [-0.05, 0) is 56.3 Å². The van der Waals surface area contributed by atoms with Crippen molar-refractivity contribution in [3.05, 3.63) is 24.3 Å². The minimum atomic E-state index is -3.46. The Morgan fingerprint density at radius 1 is 1.19 bits per heavy atom. The fourth-order valence-corrected chi connectivity index (χ4v) is 5.35. The standard InChI is InChI=1S/C19H29N3O3S/c1-16-6-5-10-21(15-16)13-9-19(23)20-17-7-4-8-18(14-17)26(24,25)22-11-2-3-12-22/h4,7-8,14,16H,2-3,5-6,9-13,15H2,1H3,(H,20,23). The number of hydrogen-bond donors (Lipinski definition) is 1. The summed E-state index contributed by atoms with van der Waals surface area (Å²) in [7, 11) is -3.46. The zero-order chi connectivity index (χ0) is 18.6. The highest BCUT2D eigenvalue weighted by Gasteiger charge is 2.27. The van der Waals surface area contributed by atoms with Gasteiger partial charge in [0.25, 0.3) is 0 Å². The lowest BCUT2D eigenvalue weighted by atomic mass is 10.0. The molecule has 0 spiro atoms. The molecule has 2 fully saturated rings. The lowest BCUT2D eigenvalue weighted by Crippen LogP contribution is -2.36. The molecule has 7 heteroatoms. The largest absolute Gasteiger partial charge is 0.326 e. The summed E-state index contributed by atoms with van der Waals surface area (Å²) < 4.78 is 26.8. The zero-order valence-electron chi connectivity index (χ0n) is 15.5. The molecule has 1 atom stereocenters. The monoisotopic (exact) mass is 379 g/mol. The molecule has 3 rings (SSSR count). The summed E-state index contributed by atoms with van der Waals surface area (Å²) in [6, 6.07) is 6.59. The molecule has 2 heterocycles. The Bertz CT molecular complexity index is 729. The second-order valence-electron chi connectivity index (χ2n) is 7.49. The van der Waals surface area contributed by atoms with E-state index in [-0.39, 0.29) is 10.8 Å². The van der Waals surface area contributed by atoms with Gasteiger partial charge in [0.1, 0.15) is 0 Å². The molecule has 0 bridgehead atoms. The first-order valence-electron chi connectivity index (χ1n) is 9.57. The summed E-state index contributed by atoms with van der Waals surface area (Å²) in [4.78, 5) is 14.8. The molecule has 0 radical (unpaired) electrons. The first kappa shape index (κ1) is 19.3. The van der Waals surface area contributed by atoms with E-state index in [4.69, 9.17) is 0 Å². The van der Waals surface area contributed by atoms with Crippen LogP contribution in [0.25, 0.3) is 0 Å². The molecule has 6 nitrogen and oxygen atoms in total. The maximum atomic E-state index is 12.6. The molecule has 1 aromatic rings. The molecule has 1 aromatic carbocycles. The summed E-state index contributed by atoms with van der Waals surface area (Å²) in [6.45, 7) is 6.26. The van der Waals surface area contributed by atoms with Gasteiger partial charge < -0.3 is 10.2 Å². The van der Waals surface area contributed by atoms with Gasteiger partial charge in [-0.3, -0.25) is 4.79 Å². The van der Waals surface area contributed by atoms with Gasteiger partial charge in [-0.1, -0.05) is 13.0 Å². The highest BCUT2D eigenvalue weighted by molar-refractivity contribution is 7.89. The lowest BCUT2D eigenvalue weighted by Gasteiger charge is -2.30. The van der Waals surface area contributed by atoms with E-state index in [2.05, 4.69) is 17.1 Å². The molecular weight excluding hydrogens is 350 g/mol. The molecule has 0 aliphatic carbocycles. The van der Waals surface area contributed by atoms with Gasteiger partial charge >= 0.3 is 0 Å². The number of carbonyl (C=O) groups is 1. The molecule has 1 unspecified atom stereocenters. The number of likely N-dealkylation sites (tertiary alicyclic amines) is 1. The number of anilines is 1. The lowest BCUT2D eigenvalue weighted by molar-refractivity contribution is -0.116. The van der Waals surface area contributed by atoms with Crippen molar-refractivity contribution in [2.45, 2.75) is 43.9 Å². The van der Waals surface area contributed by atoms with Gasteiger partial charge in [0, 0.05) is 38.3 Å². The number of carbonyl (C=O) groups excluding carboxylic acids is 1.